The van der Waals surface area contributed by atoms with E-state index in [2.05, 4.69) is 12.1 Å². The first-order chi connectivity index (χ1) is 8.65. The minimum atomic E-state index is -1.33. The molecule has 0 aliphatic rings. The van der Waals surface area contributed by atoms with Gasteiger partial charge in [-0.3, -0.25) is 4.79 Å². The number of rotatable bonds is 10. The predicted octanol–water partition coefficient (Wildman–Crippen LogP) is 1.42. The SMILES string of the molecule is CCCCCCCC(=O)/C(=N\O)OC(O)CCO. The molecule has 1 unspecified atom stereocenters. The predicted molar refractivity (Wildman–Crippen MR) is 66.4 cm³/mol. The Labute approximate surface area is 107 Å². The van der Waals surface area contributed by atoms with Gasteiger partial charge >= 0.3 is 0 Å². The molecule has 6 heteroatoms. The third-order valence-corrected chi connectivity index (χ3v) is 2.46. The molecule has 0 rings (SSSR count). The summed E-state index contributed by atoms with van der Waals surface area (Å²) >= 11 is 0. The van der Waals surface area contributed by atoms with Gasteiger partial charge in [0.25, 0.3) is 5.90 Å². The van der Waals surface area contributed by atoms with Crippen LogP contribution in [0.4, 0.5) is 0 Å². The molecule has 1 atom stereocenters. The van der Waals surface area contributed by atoms with Crippen molar-refractivity contribution in [3.8, 4) is 0 Å². The van der Waals surface area contributed by atoms with E-state index in [9.17, 15) is 9.90 Å². The highest BCUT2D eigenvalue weighted by atomic mass is 16.6. The largest absolute Gasteiger partial charge is 0.443 e. The molecular weight excluding hydrogens is 238 g/mol. The second-order valence-electron chi connectivity index (χ2n) is 4.08. The van der Waals surface area contributed by atoms with E-state index in [1.165, 1.54) is 0 Å². The highest BCUT2D eigenvalue weighted by molar-refractivity contribution is 6.36. The van der Waals surface area contributed by atoms with Crippen molar-refractivity contribution in [3.05, 3.63) is 0 Å². The van der Waals surface area contributed by atoms with Gasteiger partial charge in [-0.05, 0) is 11.6 Å². The fourth-order valence-corrected chi connectivity index (χ4v) is 1.44. The molecule has 106 valence electrons. The van der Waals surface area contributed by atoms with E-state index >= 15 is 0 Å². The van der Waals surface area contributed by atoms with Crippen LogP contribution in [0.2, 0.25) is 0 Å². The molecule has 6 nitrogen and oxygen atoms in total. The first kappa shape index (κ1) is 16.9. The molecular formula is C12H23NO5. The molecule has 0 aromatic heterocycles. The van der Waals surface area contributed by atoms with Gasteiger partial charge in [-0.2, -0.15) is 0 Å². The molecule has 0 bridgehead atoms. The number of nitrogens with zero attached hydrogens (tertiary/aromatic N) is 1. The molecule has 0 spiro atoms. The standard InChI is InChI=1S/C12H23NO5/c1-2-3-4-5-6-7-10(15)12(13-17)18-11(16)8-9-14/h11,14,16-17H,2-9H2,1H3/b13-12+. The maximum atomic E-state index is 11.6. The second kappa shape index (κ2) is 11.0. The average molecular weight is 261 g/mol. The fourth-order valence-electron chi connectivity index (χ4n) is 1.44. The van der Waals surface area contributed by atoms with Gasteiger partial charge in [-0.15, -0.1) is 0 Å². The van der Waals surface area contributed by atoms with Crippen molar-refractivity contribution < 1.29 is 25.0 Å². The van der Waals surface area contributed by atoms with Crippen LogP contribution in [0, 0.1) is 0 Å². The second-order valence-corrected chi connectivity index (χ2v) is 4.08. The monoisotopic (exact) mass is 261 g/mol. The summed E-state index contributed by atoms with van der Waals surface area (Å²) in [6, 6.07) is 0. The summed E-state index contributed by atoms with van der Waals surface area (Å²) < 4.78 is 4.73. The molecule has 0 saturated carbocycles. The topological polar surface area (TPSA) is 99.4 Å². The van der Waals surface area contributed by atoms with Crippen LogP contribution in [0.1, 0.15) is 51.9 Å². The smallest absolute Gasteiger partial charge is 0.296 e. The van der Waals surface area contributed by atoms with Crippen molar-refractivity contribution in [1.82, 2.24) is 0 Å². The van der Waals surface area contributed by atoms with Crippen molar-refractivity contribution in [2.75, 3.05) is 6.61 Å². The van der Waals surface area contributed by atoms with E-state index in [-0.39, 0.29) is 19.4 Å². The number of oxime groups is 1. The van der Waals surface area contributed by atoms with Gasteiger partial charge < -0.3 is 20.2 Å². The summed E-state index contributed by atoms with van der Waals surface area (Å²) in [5, 5.41) is 29.1. The van der Waals surface area contributed by atoms with Gasteiger partial charge in [0.15, 0.2) is 0 Å². The molecule has 0 aliphatic carbocycles. The minimum absolute atomic E-state index is 0.0389. The number of aliphatic hydroxyl groups is 2. The van der Waals surface area contributed by atoms with Crippen molar-refractivity contribution in [3.63, 3.8) is 0 Å². The number of ether oxygens (including phenoxy) is 1. The van der Waals surface area contributed by atoms with E-state index in [0.29, 0.717) is 6.42 Å². The van der Waals surface area contributed by atoms with E-state index in [4.69, 9.17) is 15.1 Å². The molecule has 3 N–H and O–H groups in total. The Hall–Kier alpha value is -1.14. The van der Waals surface area contributed by atoms with Crippen LogP contribution in [0.3, 0.4) is 0 Å². The maximum absolute atomic E-state index is 11.6. The number of carbonyl (C=O) groups excluding carboxylic acids is 1. The van der Waals surface area contributed by atoms with Gasteiger partial charge in [0, 0.05) is 19.4 Å². The lowest BCUT2D eigenvalue weighted by Gasteiger charge is -2.11. The van der Waals surface area contributed by atoms with Gasteiger partial charge in [0.1, 0.15) is 0 Å². The number of Topliss-reactive ketones (excluding diaryl/α,β-unsaturated/α-hetero) is 1. The van der Waals surface area contributed by atoms with Gasteiger partial charge in [0.05, 0.1) is 0 Å². The molecule has 18 heavy (non-hydrogen) atoms. The van der Waals surface area contributed by atoms with Gasteiger partial charge in [-0.25, -0.2) is 0 Å². The first-order valence-corrected chi connectivity index (χ1v) is 6.36. The number of hydrogen-bond donors (Lipinski definition) is 3. The number of unbranched alkanes of at least 4 members (excludes halogenated alkanes) is 4. The normalized spacial score (nSPS) is 13.4. The van der Waals surface area contributed by atoms with E-state index < -0.39 is 18.0 Å². The van der Waals surface area contributed by atoms with E-state index in [1.807, 2.05) is 0 Å². The molecule has 0 saturated heterocycles. The fraction of sp³-hybridized carbons (Fsp3) is 0.833. The third kappa shape index (κ3) is 8.03. The highest BCUT2D eigenvalue weighted by Gasteiger charge is 2.17. The first-order valence-electron chi connectivity index (χ1n) is 6.36. The molecule has 0 radical (unpaired) electrons. The number of carbonyl (C=O) groups is 1. The number of ketones is 1. The van der Waals surface area contributed by atoms with E-state index in [1.54, 1.807) is 0 Å². The Bertz CT molecular complexity index is 255. The van der Waals surface area contributed by atoms with Crippen molar-refractivity contribution in [1.29, 1.82) is 0 Å². The Morgan fingerprint density at radius 3 is 2.50 bits per heavy atom. The van der Waals surface area contributed by atoms with Gasteiger partial charge in [0.2, 0.25) is 12.1 Å². The Morgan fingerprint density at radius 1 is 1.28 bits per heavy atom. The average Bonchev–Trinajstić information content (AvgIpc) is 2.35. The van der Waals surface area contributed by atoms with Crippen molar-refractivity contribution in [2.45, 2.75) is 58.2 Å². The quantitative estimate of drug-likeness (QED) is 0.138. The Kier molecular flexibility index (Phi) is 10.3. The molecule has 0 aliphatic heterocycles. The maximum Gasteiger partial charge on any atom is 0.296 e. The van der Waals surface area contributed by atoms with Crippen molar-refractivity contribution in [2.24, 2.45) is 5.16 Å². The molecule has 0 heterocycles. The lowest BCUT2D eigenvalue weighted by molar-refractivity contribution is -0.117. The van der Waals surface area contributed by atoms with Crippen LogP contribution in [-0.4, -0.2) is 40.0 Å². The lowest BCUT2D eigenvalue weighted by atomic mass is 10.1. The van der Waals surface area contributed by atoms with Crippen LogP contribution in [0.5, 0.6) is 0 Å². The molecule has 0 amide bonds. The third-order valence-electron chi connectivity index (χ3n) is 2.46. The van der Waals surface area contributed by atoms with Gasteiger partial charge in [-0.1, -0.05) is 32.6 Å². The van der Waals surface area contributed by atoms with Crippen LogP contribution >= 0.6 is 0 Å². The van der Waals surface area contributed by atoms with Crippen molar-refractivity contribution >= 4 is 11.7 Å². The van der Waals surface area contributed by atoms with E-state index in [0.717, 1.165) is 25.7 Å². The zero-order valence-electron chi connectivity index (χ0n) is 10.8. The Morgan fingerprint density at radius 2 is 1.94 bits per heavy atom. The summed E-state index contributed by atoms with van der Waals surface area (Å²) in [5.74, 6) is -0.933. The van der Waals surface area contributed by atoms with Crippen LogP contribution in [0.25, 0.3) is 0 Å². The molecule has 0 aromatic carbocycles. The zero-order chi connectivity index (χ0) is 13.8. The summed E-state index contributed by atoms with van der Waals surface area (Å²) in [6.45, 7) is 1.84. The summed E-state index contributed by atoms with van der Waals surface area (Å²) in [4.78, 5) is 11.6. The summed E-state index contributed by atoms with van der Waals surface area (Å²) in [5.41, 5.74) is 0. The molecule has 0 fully saturated rings. The van der Waals surface area contributed by atoms with Crippen LogP contribution in [-0.2, 0) is 9.53 Å². The summed E-state index contributed by atoms with van der Waals surface area (Å²) in [6.07, 6.45) is 3.86. The lowest BCUT2D eigenvalue weighted by Crippen LogP contribution is -2.25. The number of aliphatic hydroxyl groups excluding tert-OH is 2. The Balaban J connectivity index is 3.90. The number of hydrogen-bond acceptors (Lipinski definition) is 6. The minimum Gasteiger partial charge on any atom is -0.443 e. The van der Waals surface area contributed by atoms with Crippen LogP contribution < -0.4 is 0 Å². The van der Waals surface area contributed by atoms with Crippen LogP contribution in [0.15, 0.2) is 5.16 Å². The molecule has 0 aromatic rings. The zero-order valence-corrected chi connectivity index (χ0v) is 10.8. The highest BCUT2D eigenvalue weighted by Crippen LogP contribution is 2.07. The summed E-state index contributed by atoms with van der Waals surface area (Å²) in [7, 11) is 0.